The molecule has 0 amide bonds. The lowest BCUT2D eigenvalue weighted by atomic mass is 10.1. The Morgan fingerprint density at radius 2 is 1.30 bits per heavy atom. The zero-order chi connectivity index (χ0) is 18.8. The first kappa shape index (κ1) is 18.2. The van der Waals surface area contributed by atoms with Crippen molar-refractivity contribution in [1.29, 1.82) is 0 Å². The van der Waals surface area contributed by atoms with E-state index in [0.29, 0.717) is 0 Å². The molecule has 0 fully saturated rings. The molecule has 0 aliphatic heterocycles. The predicted molar refractivity (Wildman–Crippen MR) is 119 cm³/mol. The van der Waals surface area contributed by atoms with E-state index in [1.807, 2.05) is 12.1 Å². The van der Waals surface area contributed by atoms with Crippen LogP contribution >= 0.6 is 31.9 Å². The molecule has 134 valence electrons. The van der Waals surface area contributed by atoms with E-state index < -0.39 is 0 Å². The molecule has 4 aromatic rings. The summed E-state index contributed by atoms with van der Waals surface area (Å²) in [7, 11) is 0. The maximum Gasteiger partial charge on any atom is 0.0929 e. The molecule has 0 atom stereocenters. The second-order valence-corrected chi connectivity index (χ2v) is 8.40. The Hall–Kier alpha value is -2.17. The van der Waals surface area contributed by atoms with Crippen LogP contribution in [-0.2, 0) is 6.54 Å². The monoisotopic (exact) mass is 480 g/mol. The Kier molecular flexibility index (Phi) is 5.28. The van der Waals surface area contributed by atoms with E-state index >= 15 is 0 Å². The van der Waals surface area contributed by atoms with Gasteiger partial charge in [-0.2, -0.15) is 5.10 Å². The van der Waals surface area contributed by atoms with E-state index in [0.717, 1.165) is 38.0 Å². The smallest absolute Gasteiger partial charge is 0.0929 e. The van der Waals surface area contributed by atoms with Crippen LogP contribution in [0.1, 0.15) is 11.1 Å². The molecular formula is C23H18Br2N2. The van der Waals surface area contributed by atoms with E-state index in [4.69, 9.17) is 5.10 Å². The molecule has 0 spiro atoms. The molecule has 0 saturated heterocycles. The molecule has 0 N–H and O–H groups in total. The van der Waals surface area contributed by atoms with Crippen molar-refractivity contribution in [2.24, 2.45) is 0 Å². The molecule has 1 heterocycles. The molecule has 0 bridgehead atoms. The van der Waals surface area contributed by atoms with Crippen LogP contribution in [0.3, 0.4) is 0 Å². The van der Waals surface area contributed by atoms with Gasteiger partial charge in [0.1, 0.15) is 0 Å². The summed E-state index contributed by atoms with van der Waals surface area (Å²) in [5.41, 5.74) is 6.86. The topological polar surface area (TPSA) is 17.8 Å². The summed E-state index contributed by atoms with van der Waals surface area (Å²) in [6.07, 6.45) is 0. The van der Waals surface area contributed by atoms with E-state index in [1.54, 1.807) is 0 Å². The quantitative estimate of drug-likeness (QED) is 0.304. The van der Waals surface area contributed by atoms with Gasteiger partial charge < -0.3 is 0 Å². The van der Waals surface area contributed by atoms with Gasteiger partial charge >= 0.3 is 0 Å². The minimum Gasteiger partial charge on any atom is -0.260 e. The van der Waals surface area contributed by atoms with E-state index in [-0.39, 0.29) is 0 Å². The molecule has 2 nitrogen and oxygen atoms in total. The third-order valence-corrected chi connectivity index (χ3v) is 5.57. The molecule has 0 unspecified atom stereocenters. The molecule has 4 rings (SSSR count). The Bertz CT molecular complexity index is 1050. The number of hydrogen-bond donors (Lipinski definition) is 0. The number of hydrogen-bond acceptors (Lipinski definition) is 1. The molecule has 27 heavy (non-hydrogen) atoms. The van der Waals surface area contributed by atoms with Gasteiger partial charge in [-0.1, -0.05) is 86.0 Å². The van der Waals surface area contributed by atoms with Gasteiger partial charge in [0.25, 0.3) is 0 Å². The zero-order valence-corrected chi connectivity index (χ0v) is 18.0. The van der Waals surface area contributed by atoms with Gasteiger partial charge in [0.05, 0.1) is 17.9 Å². The van der Waals surface area contributed by atoms with Crippen molar-refractivity contribution < 1.29 is 0 Å². The van der Waals surface area contributed by atoms with Crippen molar-refractivity contribution in [3.05, 3.63) is 98.9 Å². The number of aromatic nitrogens is 2. The van der Waals surface area contributed by atoms with Gasteiger partial charge in [-0.3, -0.25) is 4.68 Å². The fourth-order valence-corrected chi connectivity index (χ4v) is 3.55. The second-order valence-electron chi connectivity index (χ2n) is 6.57. The van der Waals surface area contributed by atoms with Crippen LogP contribution in [0.5, 0.6) is 0 Å². The first-order valence-electron chi connectivity index (χ1n) is 8.74. The van der Waals surface area contributed by atoms with Crippen LogP contribution in [0.25, 0.3) is 22.5 Å². The van der Waals surface area contributed by atoms with Gasteiger partial charge in [0.15, 0.2) is 0 Å². The number of halogens is 2. The molecule has 3 aromatic carbocycles. The number of aryl methyl sites for hydroxylation is 1. The van der Waals surface area contributed by atoms with Gasteiger partial charge in [0, 0.05) is 14.5 Å². The summed E-state index contributed by atoms with van der Waals surface area (Å²) in [4.78, 5) is 0. The lowest BCUT2D eigenvalue weighted by molar-refractivity contribution is 0.697. The molecule has 0 aliphatic carbocycles. The molecule has 4 heteroatoms. The van der Waals surface area contributed by atoms with Crippen molar-refractivity contribution in [3.63, 3.8) is 0 Å². The molecule has 0 saturated carbocycles. The van der Waals surface area contributed by atoms with Gasteiger partial charge in [0.2, 0.25) is 0 Å². The van der Waals surface area contributed by atoms with Crippen molar-refractivity contribution in [2.75, 3.05) is 0 Å². The second kappa shape index (κ2) is 7.83. The SMILES string of the molecule is Cc1ccc(Cn2nc(-c3ccc(Br)cc3)cc2-c2ccc(Br)cc2)cc1. The third kappa shape index (κ3) is 4.23. The first-order chi connectivity index (χ1) is 13.1. The lowest BCUT2D eigenvalue weighted by Gasteiger charge is -2.08. The van der Waals surface area contributed by atoms with Crippen molar-refractivity contribution >= 4 is 31.9 Å². The maximum atomic E-state index is 4.92. The highest BCUT2D eigenvalue weighted by molar-refractivity contribution is 9.10. The highest BCUT2D eigenvalue weighted by Crippen LogP contribution is 2.28. The van der Waals surface area contributed by atoms with Crippen LogP contribution in [0, 0.1) is 6.92 Å². The number of rotatable bonds is 4. The maximum absolute atomic E-state index is 4.92. The highest BCUT2D eigenvalue weighted by Gasteiger charge is 2.12. The molecular weight excluding hydrogens is 464 g/mol. The molecule has 0 radical (unpaired) electrons. The van der Waals surface area contributed by atoms with Crippen molar-refractivity contribution in [3.8, 4) is 22.5 Å². The fourth-order valence-electron chi connectivity index (χ4n) is 3.02. The number of benzene rings is 3. The summed E-state index contributed by atoms with van der Waals surface area (Å²) in [5, 5.41) is 4.92. The van der Waals surface area contributed by atoms with Crippen molar-refractivity contribution in [2.45, 2.75) is 13.5 Å². The Morgan fingerprint density at radius 3 is 1.89 bits per heavy atom. The van der Waals surface area contributed by atoms with E-state index in [1.165, 1.54) is 11.1 Å². The largest absolute Gasteiger partial charge is 0.260 e. The summed E-state index contributed by atoms with van der Waals surface area (Å²) >= 11 is 7.02. The van der Waals surface area contributed by atoms with Crippen LogP contribution < -0.4 is 0 Å². The Morgan fingerprint density at radius 1 is 0.741 bits per heavy atom. The highest BCUT2D eigenvalue weighted by atomic mass is 79.9. The zero-order valence-electron chi connectivity index (χ0n) is 14.9. The van der Waals surface area contributed by atoms with Gasteiger partial charge in [-0.25, -0.2) is 0 Å². The van der Waals surface area contributed by atoms with Gasteiger partial charge in [-0.05, 0) is 48.4 Å². The summed E-state index contributed by atoms with van der Waals surface area (Å²) in [5.74, 6) is 0. The Balaban J connectivity index is 1.77. The standard InChI is InChI=1S/C23H18Br2N2/c1-16-2-4-17(5-3-16)15-27-23(19-8-12-21(25)13-9-19)14-22(26-27)18-6-10-20(24)11-7-18/h2-14H,15H2,1H3. The lowest BCUT2D eigenvalue weighted by Crippen LogP contribution is -2.04. The van der Waals surface area contributed by atoms with Crippen LogP contribution in [0.15, 0.2) is 87.8 Å². The summed E-state index contributed by atoms with van der Waals surface area (Å²) in [6, 6.07) is 27.5. The minimum absolute atomic E-state index is 0.738. The predicted octanol–water partition coefficient (Wildman–Crippen LogP) is 7.10. The average molecular weight is 482 g/mol. The van der Waals surface area contributed by atoms with Gasteiger partial charge in [-0.15, -0.1) is 0 Å². The molecule has 1 aromatic heterocycles. The first-order valence-corrected chi connectivity index (χ1v) is 10.3. The van der Waals surface area contributed by atoms with Crippen LogP contribution in [0.2, 0.25) is 0 Å². The average Bonchev–Trinajstić information content (AvgIpc) is 3.08. The Labute approximate surface area is 176 Å². The molecule has 0 aliphatic rings. The minimum atomic E-state index is 0.738. The normalized spacial score (nSPS) is 10.9. The van der Waals surface area contributed by atoms with Crippen LogP contribution in [0.4, 0.5) is 0 Å². The fraction of sp³-hybridized carbons (Fsp3) is 0.0870. The third-order valence-electron chi connectivity index (χ3n) is 4.51. The van der Waals surface area contributed by atoms with E-state index in [2.05, 4.69) is 110 Å². The summed E-state index contributed by atoms with van der Waals surface area (Å²) in [6.45, 7) is 2.85. The summed E-state index contributed by atoms with van der Waals surface area (Å²) < 4.78 is 4.23. The number of nitrogens with zero attached hydrogens (tertiary/aromatic N) is 2. The van der Waals surface area contributed by atoms with Crippen LogP contribution in [-0.4, -0.2) is 9.78 Å². The van der Waals surface area contributed by atoms with Crippen molar-refractivity contribution in [1.82, 2.24) is 9.78 Å². The van der Waals surface area contributed by atoms with E-state index in [9.17, 15) is 0 Å².